The van der Waals surface area contributed by atoms with Crippen LogP contribution in [0.2, 0.25) is 0 Å². The van der Waals surface area contributed by atoms with Crippen LogP contribution in [0.1, 0.15) is 16.1 Å². The Bertz CT molecular complexity index is 1010. The van der Waals surface area contributed by atoms with Crippen LogP contribution in [0.4, 0.5) is 11.6 Å². The molecule has 0 fully saturated rings. The predicted octanol–water partition coefficient (Wildman–Crippen LogP) is 2.89. The predicted molar refractivity (Wildman–Crippen MR) is 102 cm³/mol. The van der Waals surface area contributed by atoms with E-state index in [1.807, 2.05) is 42.5 Å². The molecule has 0 radical (unpaired) electrons. The van der Waals surface area contributed by atoms with Crippen molar-refractivity contribution in [3.63, 3.8) is 0 Å². The molecule has 0 saturated carbocycles. The van der Waals surface area contributed by atoms with E-state index in [4.69, 9.17) is 14.2 Å². The van der Waals surface area contributed by atoms with Crippen LogP contribution in [-0.4, -0.2) is 29.8 Å². The number of fused-ring (bicyclic) bond motifs is 1. The summed E-state index contributed by atoms with van der Waals surface area (Å²) in [6.07, 6.45) is 1.53. The van der Waals surface area contributed by atoms with E-state index in [9.17, 15) is 4.79 Å². The Hall–Kier alpha value is -3.81. The molecule has 1 aromatic heterocycles. The number of nitrogens with zero attached hydrogens (tertiary/aromatic N) is 2. The lowest BCUT2D eigenvalue weighted by Gasteiger charge is -2.10. The van der Waals surface area contributed by atoms with Crippen LogP contribution in [-0.2, 0) is 6.54 Å². The van der Waals surface area contributed by atoms with Crippen molar-refractivity contribution >= 4 is 17.5 Å². The number of benzene rings is 2. The summed E-state index contributed by atoms with van der Waals surface area (Å²) >= 11 is 0. The number of anilines is 2. The maximum atomic E-state index is 12.5. The van der Waals surface area contributed by atoms with E-state index in [0.29, 0.717) is 35.4 Å². The Morgan fingerprint density at radius 3 is 2.89 bits per heavy atom. The minimum Gasteiger partial charge on any atom is -0.495 e. The summed E-state index contributed by atoms with van der Waals surface area (Å²) in [5, 5.41) is 5.91. The number of hydrogen-bond acceptors (Lipinski definition) is 7. The number of amides is 1. The average Bonchev–Trinajstić information content (AvgIpc) is 3.20. The molecule has 3 aromatic rings. The molecule has 1 amide bonds. The maximum absolute atomic E-state index is 12.5. The first kappa shape index (κ1) is 17.6. The second kappa shape index (κ2) is 7.83. The molecule has 2 heterocycles. The van der Waals surface area contributed by atoms with Gasteiger partial charge in [-0.2, -0.15) is 0 Å². The van der Waals surface area contributed by atoms with E-state index in [0.717, 1.165) is 5.56 Å². The number of carbonyl (C=O) groups is 1. The zero-order valence-electron chi connectivity index (χ0n) is 15.1. The van der Waals surface area contributed by atoms with Crippen LogP contribution >= 0.6 is 0 Å². The lowest BCUT2D eigenvalue weighted by atomic mass is 10.2. The number of methoxy groups -OCH3 is 1. The van der Waals surface area contributed by atoms with Crippen molar-refractivity contribution in [3.05, 3.63) is 66.0 Å². The van der Waals surface area contributed by atoms with E-state index in [2.05, 4.69) is 20.6 Å². The Balaban J connectivity index is 1.43. The molecule has 0 spiro atoms. The zero-order valence-corrected chi connectivity index (χ0v) is 15.1. The Morgan fingerprint density at radius 2 is 2.00 bits per heavy atom. The molecule has 142 valence electrons. The van der Waals surface area contributed by atoms with Crippen LogP contribution in [0.5, 0.6) is 17.2 Å². The van der Waals surface area contributed by atoms with E-state index >= 15 is 0 Å². The third-order valence-corrected chi connectivity index (χ3v) is 4.13. The van der Waals surface area contributed by atoms with E-state index < -0.39 is 0 Å². The SMILES string of the molecule is COc1ccccc1Nc1nccc(C(=O)NCc2ccc3c(c2)OCO3)n1. The quantitative estimate of drug-likeness (QED) is 0.681. The van der Waals surface area contributed by atoms with Gasteiger partial charge in [-0.3, -0.25) is 4.79 Å². The lowest BCUT2D eigenvalue weighted by Crippen LogP contribution is -2.24. The standard InChI is InChI=1S/C20H18N4O4/c1-26-16-5-3-2-4-14(16)23-20-21-9-8-15(24-20)19(25)22-11-13-6-7-17-18(10-13)28-12-27-17/h2-10H,11-12H2,1H3,(H,22,25)(H,21,23,24). The molecule has 0 unspecified atom stereocenters. The van der Waals surface area contributed by atoms with Crippen molar-refractivity contribution in [1.29, 1.82) is 0 Å². The van der Waals surface area contributed by atoms with Crippen molar-refractivity contribution in [2.45, 2.75) is 6.54 Å². The Kier molecular flexibility index (Phi) is 4.92. The van der Waals surface area contributed by atoms with Gasteiger partial charge < -0.3 is 24.8 Å². The molecule has 28 heavy (non-hydrogen) atoms. The van der Waals surface area contributed by atoms with Gasteiger partial charge in [0.15, 0.2) is 11.5 Å². The number of carbonyl (C=O) groups excluding carboxylic acids is 1. The van der Waals surface area contributed by atoms with Gasteiger partial charge in [-0.25, -0.2) is 9.97 Å². The molecule has 8 nitrogen and oxygen atoms in total. The van der Waals surface area contributed by atoms with Gasteiger partial charge in [0.1, 0.15) is 11.4 Å². The molecule has 8 heteroatoms. The minimum atomic E-state index is -0.303. The van der Waals surface area contributed by atoms with E-state index in [1.54, 1.807) is 13.2 Å². The number of para-hydroxylation sites is 2. The van der Waals surface area contributed by atoms with Gasteiger partial charge in [0, 0.05) is 12.7 Å². The highest BCUT2D eigenvalue weighted by molar-refractivity contribution is 5.92. The first-order chi connectivity index (χ1) is 13.7. The van der Waals surface area contributed by atoms with Crippen LogP contribution < -0.4 is 24.8 Å². The average molecular weight is 378 g/mol. The lowest BCUT2D eigenvalue weighted by molar-refractivity contribution is 0.0946. The molecule has 1 aliphatic heterocycles. The molecule has 2 N–H and O–H groups in total. The fourth-order valence-corrected chi connectivity index (χ4v) is 2.74. The largest absolute Gasteiger partial charge is 0.495 e. The molecule has 0 bridgehead atoms. The molecular weight excluding hydrogens is 360 g/mol. The maximum Gasteiger partial charge on any atom is 0.270 e. The third kappa shape index (κ3) is 3.80. The summed E-state index contributed by atoms with van der Waals surface area (Å²) in [5.41, 5.74) is 1.87. The van der Waals surface area contributed by atoms with Crippen LogP contribution in [0, 0.1) is 0 Å². The molecule has 0 atom stereocenters. The Morgan fingerprint density at radius 1 is 1.14 bits per heavy atom. The zero-order chi connectivity index (χ0) is 19.3. The minimum absolute atomic E-state index is 0.216. The molecule has 4 rings (SSSR count). The topological polar surface area (TPSA) is 94.6 Å². The third-order valence-electron chi connectivity index (χ3n) is 4.13. The second-order valence-corrected chi connectivity index (χ2v) is 5.96. The van der Waals surface area contributed by atoms with Crippen molar-refractivity contribution in [1.82, 2.24) is 15.3 Å². The first-order valence-corrected chi connectivity index (χ1v) is 8.63. The summed E-state index contributed by atoms with van der Waals surface area (Å²) in [7, 11) is 1.58. The van der Waals surface area contributed by atoms with Crippen LogP contribution in [0.25, 0.3) is 0 Å². The smallest absolute Gasteiger partial charge is 0.270 e. The van der Waals surface area contributed by atoms with E-state index in [-0.39, 0.29) is 18.4 Å². The highest BCUT2D eigenvalue weighted by Crippen LogP contribution is 2.32. The normalized spacial score (nSPS) is 11.8. The molecule has 0 aliphatic carbocycles. The fraction of sp³-hybridized carbons (Fsp3) is 0.150. The first-order valence-electron chi connectivity index (χ1n) is 8.63. The van der Waals surface area contributed by atoms with Gasteiger partial charge in [0.05, 0.1) is 12.8 Å². The fourth-order valence-electron chi connectivity index (χ4n) is 2.74. The highest BCUT2D eigenvalue weighted by atomic mass is 16.7. The number of nitrogens with one attached hydrogen (secondary N) is 2. The van der Waals surface area contributed by atoms with Gasteiger partial charge in [0.2, 0.25) is 12.7 Å². The number of aromatic nitrogens is 2. The summed E-state index contributed by atoms with van der Waals surface area (Å²) < 4.78 is 15.9. The summed E-state index contributed by atoms with van der Waals surface area (Å²) in [4.78, 5) is 20.9. The number of rotatable bonds is 6. The molecule has 2 aromatic carbocycles. The summed E-state index contributed by atoms with van der Waals surface area (Å²) in [5.74, 6) is 2.04. The second-order valence-electron chi connectivity index (χ2n) is 5.96. The molecular formula is C20H18N4O4. The van der Waals surface area contributed by atoms with Gasteiger partial charge in [-0.15, -0.1) is 0 Å². The highest BCUT2D eigenvalue weighted by Gasteiger charge is 2.14. The molecule has 1 aliphatic rings. The van der Waals surface area contributed by atoms with Crippen LogP contribution in [0.3, 0.4) is 0 Å². The van der Waals surface area contributed by atoms with Crippen molar-refractivity contribution in [3.8, 4) is 17.2 Å². The number of ether oxygens (including phenoxy) is 3. The summed E-state index contributed by atoms with van der Waals surface area (Å²) in [6.45, 7) is 0.558. The van der Waals surface area contributed by atoms with E-state index in [1.165, 1.54) is 6.20 Å². The Labute approximate surface area is 161 Å². The van der Waals surface area contributed by atoms with Crippen LogP contribution in [0.15, 0.2) is 54.7 Å². The van der Waals surface area contributed by atoms with Gasteiger partial charge in [-0.05, 0) is 35.9 Å². The monoisotopic (exact) mass is 378 g/mol. The van der Waals surface area contributed by atoms with Crippen molar-refractivity contribution < 1.29 is 19.0 Å². The number of hydrogen-bond donors (Lipinski definition) is 2. The van der Waals surface area contributed by atoms with Crippen molar-refractivity contribution in [2.75, 3.05) is 19.2 Å². The van der Waals surface area contributed by atoms with Gasteiger partial charge in [-0.1, -0.05) is 18.2 Å². The summed E-state index contributed by atoms with van der Waals surface area (Å²) in [6, 6.07) is 14.5. The van der Waals surface area contributed by atoms with Gasteiger partial charge >= 0.3 is 0 Å². The van der Waals surface area contributed by atoms with Crippen molar-refractivity contribution in [2.24, 2.45) is 0 Å². The molecule has 0 saturated heterocycles. The van der Waals surface area contributed by atoms with Gasteiger partial charge in [0.25, 0.3) is 5.91 Å².